The van der Waals surface area contributed by atoms with Gasteiger partial charge in [-0.25, -0.2) is 0 Å². The Morgan fingerprint density at radius 1 is 1.27 bits per heavy atom. The molecule has 2 rings (SSSR count). The van der Waals surface area contributed by atoms with Crippen LogP contribution in [0.15, 0.2) is 41.1 Å². The Hall–Kier alpha value is -2.14. The maximum Gasteiger partial charge on any atom is 0.308 e. The summed E-state index contributed by atoms with van der Waals surface area (Å²) >= 11 is 0. The molecule has 0 N–H and O–H groups in total. The minimum Gasteiger partial charge on any atom is -0.469 e. The molecule has 0 amide bonds. The van der Waals surface area contributed by atoms with Crippen molar-refractivity contribution in [1.82, 2.24) is 0 Å². The van der Waals surface area contributed by atoms with Crippen molar-refractivity contribution in [3.63, 3.8) is 0 Å². The van der Waals surface area contributed by atoms with Crippen LogP contribution in [0.2, 0.25) is 0 Å². The van der Waals surface area contributed by atoms with Crippen molar-refractivity contribution < 1.29 is 19.0 Å². The van der Waals surface area contributed by atoms with Crippen molar-refractivity contribution in [2.75, 3.05) is 20.8 Å². The molecule has 1 fully saturated rings. The third-order valence-electron chi connectivity index (χ3n) is 4.62. The standard InChI is InChI=1S/C21H29NO4/c1-15-8-10-17(11-9-15)20(22-3)26-16(2)12-13-25-19-7-5-6-18(14-19)21(23)24-4/h8-12,18-19H,5-7,13-14H2,1-4H3/b16-12+,22-20-. The van der Waals surface area contributed by atoms with E-state index in [1.165, 1.54) is 12.7 Å². The molecule has 0 saturated heterocycles. The molecular formula is C21H29NO4. The molecule has 1 aromatic carbocycles. The van der Waals surface area contributed by atoms with Crippen LogP contribution in [0.3, 0.4) is 0 Å². The molecule has 2 unspecified atom stereocenters. The van der Waals surface area contributed by atoms with E-state index in [2.05, 4.69) is 4.99 Å². The van der Waals surface area contributed by atoms with Gasteiger partial charge in [-0.05, 0) is 51.3 Å². The highest BCUT2D eigenvalue weighted by molar-refractivity contribution is 5.94. The number of hydrogen-bond acceptors (Lipinski definition) is 5. The molecule has 0 bridgehead atoms. The molecular weight excluding hydrogens is 330 g/mol. The zero-order valence-corrected chi connectivity index (χ0v) is 16.2. The van der Waals surface area contributed by atoms with Crippen LogP contribution in [0.25, 0.3) is 0 Å². The van der Waals surface area contributed by atoms with Gasteiger partial charge in [0.25, 0.3) is 0 Å². The number of esters is 1. The van der Waals surface area contributed by atoms with Gasteiger partial charge in [0.2, 0.25) is 5.90 Å². The summed E-state index contributed by atoms with van der Waals surface area (Å²) in [4.78, 5) is 15.9. The molecule has 0 spiro atoms. The molecule has 2 atom stereocenters. The highest BCUT2D eigenvalue weighted by Gasteiger charge is 2.28. The quantitative estimate of drug-likeness (QED) is 0.333. The predicted molar refractivity (Wildman–Crippen MR) is 102 cm³/mol. The lowest BCUT2D eigenvalue weighted by molar-refractivity contribution is -0.148. The summed E-state index contributed by atoms with van der Waals surface area (Å²) in [6, 6.07) is 8.06. The van der Waals surface area contributed by atoms with Crippen LogP contribution in [0, 0.1) is 12.8 Å². The number of nitrogens with zero attached hydrogens (tertiary/aromatic N) is 1. The van der Waals surface area contributed by atoms with Crippen molar-refractivity contribution in [3.8, 4) is 0 Å². The zero-order valence-electron chi connectivity index (χ0n) is 16.2. The molecule has 0 radical (unpaired) electrons. The molecule has 5 nitrogen and oxygen atoms in total. The molecule has 5 heteroatoms. The summed E-state index contributed by atoms with van der Waals surface area (Å²) < 4.78 is 16.6. The highest BCUT2D eigenvalue weighted by atomic mass is 16.5. The molecule has 0 aliphatic heterocycles. The summed E-state index contributed by atoms with van der Waals surface area (Å²) in [5.41, 5.74) is 2.14. The molecule has 142 valence electrons. The first kappa shape index (κ1) is 20.2. The Bertz CT molecular complexity index is 648. The Balaban J connectivity index is 1.84. The topological polar surface area (TPSA) is 57.1 Å². The van der Waals surface area contributed by atoms with Crippen molar-refractivity contribution in [3.05, 3.63) is 47.2 Å². The van der Waals surface area contributed by atoms with Crippen LogP contribution in [0.1, 0.15) is 43.7 Å². The molecule has 26 heavy (non-hydrogen) atoms. The third-order valence-corrected chi connectivity index (χ3v) is 4.62. The van der Waals surface area contributed by atoms with E-state index in [0.29, 0.717) is 12.5 Å². The minimum absolute atomic E-state index is 0.0413. The van der Waals surface area contributed by atoms with Gasteiger partial charge in [0, 0.05) is 12.6 Å². The van der Waals surface area contributed by atoms with E-state index in [1.54, 1.807) is 7.05 Å². The molecule has 0 aromatic heterocycles. The number of carbonyl (C=O) groups is 1. The number of methoxy groups -OCH3 is 1. The summed E-state index contributed by atoms with van der Waals surface area (Å²) in [6.45, 7) is 4.39. The lowest BCUT2D eigenvalue weighted by Crippen LogP contribution is -2.28. The normalized spacial score (nSPS) is 21.4. The van der Waals surface area contributed by atoms with Crippen molar-refractivity contribution in [1.29, 1.82) is 0 Å². The number of aryl methyl sites for hydroxylation is 1. The van der Waals surface area contributed by atoms with Crippen LogP contribution in [-0.2, 0) is 19.0 Å². The van der Waals surface area contributed by atoms with E-state index in [4.69, 9.17) is 14.2 Å². The van der Waals surface area contributed by atoms with E-state index < -0.39 is 0 Å². The predicted octanol–water partition coefficient (Wildman–Crippen LogP) is 4.04. The number of carbonyl (C=O) groups excluding carboxylic acids is 1. The van der Waals surface area contributed by atoms with Gasteiger partial charge in [0.05, 0.1) is 25.7 Å². The second-order valence-electron chi connectivity index (χ2n) is 6.65. The average molecular weight is 359 g/mol. The second kappa shape index (κ2) is 10.1. The van der Waals surface area contributed by atoms with Gasteiger partial charge in [0.15, 0.2) is 0 Å². The number of benzene rings is 1. The lowest BCUT2D eigenvalue weighted by Gasteiger charge is -2.27. The maximum absolute atomic E-state index is 11.7. The van der Waals surface area contributed by atoms with Crippen LogP contribution < -0.4 is 0 Å². The van der Waals surface area contributed by atoms with Gasteiger partial charge >= 0.3 is 5.97 Å². The highest BCUT2D eigenvalue weighted by Crippen LogP contribution is 2.27. The van der Waals surface area contributed by atoms with E-state index in [1.807, 2.05) is 44.2 Å². The smallest absolute Gasteiger partial charge is 0.308 e. The van der Waals surface area contributed by atoms with Gasteiger partial charge in [-0.1, -0.05) is 24.1 Å². The number of rotatable bonds is 6. The Morgan fingerprint density at radius 2 is 2.00 bits per heavy atom. The SMILES string of the molecule is C/N=C(\O/C(C)=C/COC1CCCC(C(=O)OC)C1)c1ccc(C)cc1. The van der Waals surface area contributed by atoms with E-state index >= 15 is 0 Å². The maximum atomic E-state index is 11.7. The average Bonchev–Trinajstić information content (AvgIpc) is 2.66. The monoisotopic (exact) mass is 359 g/mol. The Morgan fingerprint density at radius 3 is 2.65 bits per heavy atom. The van der Waals surface area contributed by atoms with Crippen molar-refractivity contribution >= 4 is 11.9 Å². The van der Waals surface area contributed by atoms with Gasteiger partial charge < -0.3 is 14.2 Å². The number of ether oxygens (including phenoxy) is 3. The minimum atomic E-state index is -0.129. The number of allylic oxidation sites excluding steroid dienone is 1. The van der Waals surface area contributed by atoms with E-state index in [9.17, 15) is 4.79 Å². The Labute approximate surface area is 156 Å². The summed E-state index contributed by atoms with van der Waals surface area (Å²) in [5.74, 6) is 1.16. The van der Waals surface area contributed by atoms with Crippen LogP contribution in [-0.4, -0.2) is 38.7 Å². The first-order valence-corrected chi connectivity index (χ1v) is 9.11. The van der Waals surface area contributed by atoms with Crippen LogP contribution in [0.4, 0.5) is 0 Å². The lowest BCUT2D eigenvalue weighted by atomic mass is 9.87. The van der Waals surface area contributed by atoms with E-state index in [-0.39, 0.29) is 18.0 Å². The fourth-order valence-corrected chi connectivity index (χ4v) is 3.10. The number of aliphatic imine (C=N–C) groups is 1. The third kappa shape index (κ3) is 5.99. The summed E-state index contributed by atoms with van der Waals surface area (Å²) in [7, 11) is 3.16. The molecule has 1 aromatic rings. The van der Waals surface area contributed by atoms with Crippen molar-refractivity contribution in [2.45, 2.75) is 45.6 Å². The molecule has 1 aliphatic carbocycles. The molecule has 1 saturated carbocycles. The first-order valence-electron chi connectivity index (χ1n) is 9.11. The largest absolute Gasteiger partial charge is 0.469 e. The summed E-state index contributed by atoms with van der Waals surface area (Å²) in [6.07, 6.45) is 5.58. The first-order chi connectivity index (χ1) is 12.5. The number of hydrogen-bond donors (Lipinski definition) is 0. The van der Waals surface area contributed by atoms with Crippen LogP contribution >= 0.6 is 0 Å². The van der Waals surface area contributed by atoms with Crippen molar-refractivity contribution in [2.24, 2.45) is 10.9 Å². The van der Waals surface area contributed by atoms with Gasteiger partial charge in [-0.3, -0.25) is 9.79 Å². The molecule has 1 aliphatic rings. The van der Waals surface area contributed by atoms with Gasteiger partial charge in [0.1, 0.15) is 5.76 Å². The Kier molecular flexibility index (Phi) is 7.85. The molecule has 0 heterocycles. The van der Waals surface area contributed by atoms with Gasteiger partial charge in [-0.15, -0.1) is 0 Å². The second-order valence-corrected chi connectivity index (χ2v) is 6.65. The fraction of sp³-hybridized carbons (Fsp3) is 0.524. The fourth-order valence-electron chi connectivity index (χ4n) is 3.10. The van der Waals surface area contributed by atoms with E-state index in [0.717, 1.165) is 37.0 Å². The zero-order chi connectivity index (χ0) is 18.9. The van der Waals surface area contributed by atoms with Gasteiger partial charge in [-0.2, -0.15) is 0 Å². The summed E-state index contributed by atoms with van der Waals surface area (Å²) in [5, 5.41) is 0. The van der Waals surface area contributed by atoms with Crippen LogP contribution in [0.5, 0.6) is 0 Å².